The Hall–Kier alpha value is -2.18. The number of aliphatic carboxylic acids is 1. The summed E-state index contributed by atoms with van der Waals surface area (Å²) in [6.45, 7) is 2.83. The maximum absolute atomic E-state index is 10.9. The predicted octanol–water partition coefficient (Wildman–Crippen LogP) is 1.60. The molecule has 7 nitrogen and oxygen atoms in total. The summed E-state index contributed by atoms with van der Waals surface area (Å²) in [5, 5.41) is 19.6. The second-order valence-electron chi connectivity index (χ2n) is 4.63. The monoisotopic (exact) mass is 265 g/mol. The molecule has 1 aliphatic heterocycles. The van der Waals surface area contributed by atoms with Gasteiger partial charge in [0.2, 0.25) is 0 Å². The summed E-state index contributed by atoms with van der Waals surface area (Å²) in [6.07, 6.45) is 1.15. The first-order valence-electron chi connectivity index (χ1n) is 6.09. The van der Waals surface area contributed by atoms with Crippen molar-refractivity contribution in [3.8, 4) is 0 Å². The topological polar surface area (TPSA) is 96.6 Å². The van der Waals surface area contributed by atoms with Gasteiger partial charge in [-0.05, 0) is 25.8 Å². The summed E-state index contributed by atoms with van der Waals surface area (Å²) < 4.78 is 0. The Morgan fingerprint density at radius 1 is 1.47 bits per heavy atom. The first-order chi connectivity index (χ1) is 8.99. The van der Waals surface area contributed by atoms with Crippen LogP contribution in [0.5, 0.6) is 0 Å². The lowest BCUT2D eigenvalue weighted by Crippen LogP contribution is -2.36. The van der Waals surface area contributed by atoms with Crippen molar-refractivity contribution in [2.24, 2.45) is 5.92 Å². The minimum absolute atomic E-state index is 0.00386. The highest BCUT2D eigenvalue weighted by Gasteiger charge is 2.25. The third-order valence-corrected chi connectivity index (χ3v) is 3.41. The molecule has 1 fully saturated rings. The van der Waals surface area contributed by atoms with Gasteiger partial charge in [0.25, 0.3) is 5.69 Å². The molecule has 0 radical (unpaired) electrons. The molecule has 1 aromatic rings. The fourth-order valence-electron chi connectivity index (χ4n) is 2.27. The SMILES string of the molecule is Cc1nc(N2CCC(C(=O)O)CC2)ccc1[N+](=O)[O-]. The number of piperidine rings is 1. The number of hydrogen-bond acceptors (Lipinski definition) is 5. The number of nitrogens with zero attached hydrogens (tertiary/aromatic N) is 3. The number of hydrogen-bond donors (Lipinski definition) is 1. The smallest absolute Gasteiger partial charge is 0.306 e. The molecule has 7 heteroatoms. The van der Waals surface area contributed by atoms with Crippen molar-refractivity contribution < 1.29 is 14.8 Å². The van der Waals surface area contributed by atoms with Crippen molar-refractivity contribution in [1.29, 1.82) is 0 Å². The Labute approximate surface area is 110 Å². The van der Waals surface area contributed by atoms with E-state index in [2.05, 4.69) is 4.98 Å². The van der Waals surface area contributed by atoms with Crippen LogP contribution in [-0.4, -0.2) is 34.1 Å². The average molecular weight is 265 g/mol. The molecule has 0 spiro atoms. The molecule has 2 heterocycles. The number of pyridine rings is 1. The number of carbonyl (C=O) groups is 1. The molecule has 0 unspecified atom stereocenters. The Kier molecular flexibility index (Phi) is 3.64. The van der Waals surface area contributed by atoms with Gasteiger partial charge in [-0.15, -0.1) is 0 Å². The van der Waals surface area contributed by atoms with Crippen LogP contribution in [0.3, 0.4) is 0 Å². The lowest BCUT2D eigenvalue weighted by atomic mass is 9.97. The molecule has 0 atom stereocenters. The Morgan fingerprint density at radius 2 is 2.11 bits per heavy atom. The summed E-state index contributed by atoms with van der Waals surface area (Å²) in [6, 6.07) is 3.06. The third-order valence-electron chi connectivity index (χ3n) is 3.41. The van der Waals surface area contributed by atoms with E-state index < -0.39 is 10.9 Å². The number of aryl methyl sites for hydroxylation is 1. The van der Waals surface area contributed by atoms with Gasteiger partial charge in [-0.3, -0.25) is 14.9 Å². The summed E-state index contributed by atoms with van der Waals surface area (Å²) in [4.78, 5) is 27.3. The van der Waals surface area contributed by atoms with Crippen molar-refractivity contribution >= 4 is 17.5 Å². The first kappa shape index (κ1) is 13.3. The van der Waals surface area contributed by atoms with Gasteiger partial charge in [-0.1, -0.05) is 0 Å². The van der Waals surface area contributed by atoms with Crippen LogP contribution >= 0.6 is 0 Å². The molecule has 1 N–H and O–H groups in total. The van der Waals surface area contributed by atoms with Crippen LogP contribution in [0.25, 0.3) is 0 Å². The van der Waals surface area contributed by atoms with Crippen LogP contribution in [0.2, 0.25) is 0 Å². The normalized spacial score (nSPS) is 16.4. The van der Waals surface area contributed by atoms with Gasteiger partial charge >= 0.3 is 5.97 Å². The highest BCUT2D eigenvalue weighted by molar-refractivity contribution is 5.70. The highest BCUT2D eigenvalue weighted by atomic mass is 16.6. The lowest BCUT2D eigenvalue weighted by Gasteiger charge is -2.31. The molecule has 1 aliphatic rings. The maximum Gasteiger partial charge on any atom is 0.306 e. The lowest BCUT2D eigenvalue weighted by molar-refractivity contribution is -0.385. The van der Waals surface area contributed by atoms with Crippen LogP contribution in [-0.2, 0) is 4.79 Å². The van der Waals surface area contributed by atoms with Crippen LogP contribution in [0.1, 0.15) is 18.5 Å². The molecule has 1 saturated heterocycles. The van der Waals surface area contributed by atoms with E-state index in [1.165, 1.54) is 6.07 Å². The number of rotatable bonds is 3. The fraction of sp³-hybridized carbons (Fsp3) is 0.500. The molecule has 19 heavy (non-hydrogen) atoms. The van der Waals surface area contributed by atoms with Crippen molar-refractivity contribution in [2.75, 3.05) is 18.0 Å². The van der Waals surface area contributed by atoms with Gasteiger partial charge in [0.05, 0.1) is 10.8 Å². The fourth-order valence-corrected chi connectivity index (χ4v) is 2.27. The van der Waals surface area contributed by atoms with Gasteiger partial charge in [0, 0.05) is 19.2 Å². The Balaban J connectivity index is 2.10. The molecule has 0 bridgehead atoms. The number of anilines is 1. The summed E-state index contributed by atoms with van der Waals surface area (Å²) >= 11 is 0. The number of carboxylic acid groups (broad SMARTS) is 1. The van der Waals surface area contributed by atoms with Gasteiger partial charge in [0.1, 0.15) is 11.5 Å². The van der Waals surface area contributed by atoms with Crippen LogP contribution in [0.4, 0.5) is 11.5 Å². The zero-order valence-corrected chi connectivity index (χ0v) is 10.6. The number of nitro groups is 1. The zero-order valence-electron chi connectivity index (χ0n) is 10.6. The number of carboxylic acids is 1. The van der Waals surface area contributed by atoms with E-state index in [-0.39, 0.29) is 11.6 Å². The highest BCUT2D eigenvalue weighted by Crippen LogP contribution is 2.25. The second-order valence-corrected chi connectivity index (χ2v) is 4.63. The predicted molar refractivity (Wildman–Crippen MR) is 68.2 cm³/mol. The number of aromatic nitrogens is 1. The van der Waals surface area contributed by atoms with Crippen molar-refractivity contribution in [3.63, 3.8) is 0 Å². The molecule has 0 amide bonds. The van der Waals surface area contributed by atoms with Gasteiger partial charge in [-0.25, -0.2) is 4.98 Å². The minimum atomic E-state index is -0.757. The van der Waals surface area contributed by atoms with E-state index in [0.29, 0.717) is 37.4 Å². The van der Waals surface area contributed by atoms with E-state index in [0.717, 1.165) is 0 Å². The molecule has 0 aromatic carbocycles. The van der Waals surface area contributed by atoms with E-state index in [9.17, 15) is 14.9 Å². The third kappa shape index (κ3) is 2.81. The van der Waals surface area contributed by atoms with Gasteiger partial charge in [0.15, 0.2) is 0 Å². The van der Waals surface area contributed by atoms with Gasteiger partial charge in [-0.2, -0.15) is 0 Å². The second kappa shape index (κ2) is 5.21. The largest absolute Gasteiger partial charge is 0.481 e. The molecular formula is C12H15N3O4. The summed E-state index contributed by atoms with van der Waals surface area (Å²) in [7, 11) is 0. The zero-order chi connectivity index (χ0) is 14.0. The van der Waals surface area contributed by atoms with Crippen LogP contribution in [0.15, 0.2) is 12.1 Å². The molecular weight excluding hydrogens is 250 g/mol. The summed E-state index contributed by atoms with van der Waals surface area (Å²) in [5.41, 5.74) is 0.382. The maximum atomic E-state index is 10.9. The molecule has 0 aliphatic carbocycles. The van der Waals surface area contributed by atoms with E-state index >= 15 is 0 Å². The standard InChI is InChI=1S/C12H15N3O4/c1-8-10(15(18)19)2-3-11(13-8)14-6-4-9(5-7-14)12(16)17/h2-3,9H,4-7H2,1H3,(H,16,17). The minimum Gasteiger partial charge on any atom is -0.481 e. The van der Waals surface area contributed by atoms with Crippen molar-refractivity contribution in [3.05, 3.63) is 27.9 Å². The molecule has 102 valence electrons. The Bertz CT molecular complexity index is 510. The van der Waals surface area contributed by atoms with Crippen LogP contribution < -0.4 is 4.90 Å². The quantitative estimate of drug-likeness (QED) is 0.658. The van der Waals surface area contributed by atoms with Crippen molar-refractivity contribution in [1.82, 2.24) is 4.98 Å². The van der Waals surface area contributed by atoms with E-state index in [1.54, 1.807) is 13.0 Å². The molecule has 1 aromatic heterocycles. The van der Waals surface area contributed by atoms with Gasteiger partial charge < -0.3 is 10.0 Å². The molecule has 2 rings (SSSR count). The molecule has 0 saturated carbocycles. The average Bonchev–Trinajstić information content (AvgIpc) is 2.38. The first-order valence-corrected chi connectivity index (χ1v) is 6.09. The van der Waals surface area contributed by atoms with E-state index in [1.807, 2.05) is 4.90 Å². The Morgan fingerprint density at radius 3 is 2.58 bits per heavy atom. The van der Waals surface area contributed by atoms with Crippen LogP contribution in [0, 0.1) is 23.0 Å². The summed E-state index contributed by atoms with van der Waals surface area (Å²) in [5.74, 6) is -0.380. The van der Waals surface area contributed by atoms with E-state index in [4.69, 9.17) is 5.11 Å². The van der Waals surface area contributed by atoms with Crippen molar-refractivity contribution in [2.45, 2.75) is 19.8 Å².